The fourth-order valence-electron chi connectivity index (χ4n) is 0.352. The maximum absolute atomic E-state index is 10.1. The van der Waals surface area contributed by atoms with E-state index in [0.717, 1.165) is 6.21 Å². The van der Waals surface area contributed by atoms with Gasteiger partial charge in [-0.05, 0) is 0 Å². The van der Waals surface area contributed by atoms with E-state index in [4.69, 9.17) is 10.2 Å². The SMILES string of the molecule is O=C1N=CC(O)=C1O. The number of hydrogen-bond donors (Lipinski definition) is 2. The van der Waals surface area contributed by atoms with Gasteiger partial charge in [-0.2, -0.15) is 0 Å². The summed E-state index contributed by atoms with van der Waals surface area (Å²) in [4.78, 5) is 13.2. The average molecular weight is 113 g/mol. The molecule has 4 heteroatoms. The molecule has 1 heterocycles. The highest BCUT2D eigenvalue weighted by Crippen LogP contribution is 2.03. The fraction of sp³-hybridized carbons (Fsp3) is 0. The van der Waals surface area contributed by atoms with Crippen LogP contribution in [-0.4, -0.2) is 22.3 Å². The van der Waals surface area contributed by atoms with E-state index in [2.05, 4.69) is 4.99 Å². The van der Waals surface area contributed by atoms with Crippen molar-refractivity contribution in [3.8, 4) is 0 Å². The molecule has 0 atom stereocenters. The van der Waals surface area contributed by atoms with Gasteiger partial charge >= 0.3 is 5.91 Å². The highest BCUT2D eigenvalue weighted by molar-refractivity contribution is 6.07. The number of carbonyl (C=O) groups is 1. The van der Waals surface area contributed by atoms with Crippen LogP contribution < -0.4 is 0 Å². The first-order chi connectivity index (χ1) is 3.72. The van der Waals surface area contributed by atoms with Gasteiger partial charge in [0.25, 0.3) is 0 Å². The van der Waals surface area contributed by atoms with Crippen molar-refractivity contribution in [1.29, 1.82) is 0 Å². The van der Waals surface area contributed by atoms with Crippen molar-refractivity contribution in [2.45, 2.75) is 0 Å². The molecule has 1 aliphatic rings. The number of aliphatic hydroxyl groups excluding tert-OH is 2. The van der Waals surface area contributed by atoms with Crippen molar-refractivity contribution in [3.63, 3.8) is 0 Å². The van der Waals surface area contributed by atoms with Crippen LogP contribution >= 0.6 is 0 Å². The summed E-state index contributed by atoms with van der Waals surface area (Å²) in [6.07, 6.45) is 0.900. The van der Waals surface area contributed by atoms with Gasteiger partial charge in [0.2, 0.25) is 5.76 Å². The number of aliphatic imine (C=N–C) groups is 1. The number of hydrogen-bond acceptors (Lipinski definition) is 3. The Hall–Kier alpha value is -1.32. The first kappa shape index (κ1) is 4.83. The van der Waals surface area contributed by atoms with Crippen LogP contribution in [0.15, 0.2) is 16.5 Å². The summed E-state index contributed by atoms with van der Waals surface area (Å²) in [6, 6.07) is 0. The van der Waals surface area contributed by atoms with Crippen molar-refractivity contribution in [2.75, 3.05) is 0 Å². The minimum atomic E-state index is -0.789. The molecular weight excluding hydrogens is 110 g/mol. The molecule has 0 saturated heterocycles. The number of aliphatic hydroxyl groups is 2. The van der Waals surface area contributed by atoms with E-state index in [0.29, 0.717) is 0 Å². The molecule has 1 amide bonds. The van der Waals surface area contributed by atoms with Crippen LogP contribution in [-0.2, 0) is 4.79 Å². The van der Waals surface area contributed by atoms with E-state index in [1.165, 1.54) is 0 Å². The molecule has 0 aromatic carbocycles. The van der Waals surface area contributed by atoms with E-state index < -0.39 is 17.4 Å². The molecule has 1 aliphatic heterocycles. The lowest BCUT2D eigenvalue weighted by Gasteiger charge is -1.82. The topological polar surface area (TPSA) is 69.9 Å². The van der Waals surface area contributed by atoms with Crippen molar-refractivity contribution in [2.24, 2.45) is 4.99 Å². The summed E-state index contributed by atoms with van der Waals surface area (Å²) in [5.74, 6) is -1.93. The first-order valence-electron chi connectivity index (χ1n) is 1.92. The largest absolute Gasteiger partial charge is 0.503 e. The smallest absolute Gasteiger partial charge is 0.315 e. The van der Waals surface area contributed by atoms with Gasteiger partial charge in [0.1, 0.15) is 0 Å². The summed E-state index contributed by atoms with van der Waals surface area (Å²) in [5.41, 5.74) is 0. The Morgan fingerprint density at radius 2 is 2.12 bits per heavy atom. The highest BCUT2D eigenvalue weighted by Gasteiger charge is 2.16. The number of rotatable bonds is 0. The quantitative estimate of drug-likeness (QED) is 0.461. The average Bonchev–Trinajstić information content (AvgIpc) is 1.98. The van der Waals surface area contributed by atoms with Crippen LogP contribution in [0.4, 0.5) is 0 Å². The molecule has 0 spiro atoms. The molecule has 1 rings (SSSR count). The Bertz CT molecular complexity index is 187. The molecule has 0 fully saturated rings. The minimum Gasteiger partial charge on any atom is -0.503 e. The number of carbonyl (C=O) groups excluding carboxylic acids is 1. The van der Waals surface area contributed by atoms with E-state index >= 15 is 0 Å². The molecule has 42 valence electrons. The van der Waals surface area contributed by atoms with Gasteiger partial charge < -0.3 is 10.2 Å². The lowest BCUT2D eigenvalue weighted by molar-refractivity contribution is -0.116. The molecule has 2 N–H and O–H groups in total. The van der Waals surface area contributed by atoms with Crippen LogP contribution in [0.25, 0.3) is 0 Å². The van der Waals surface area contributed by atoms with Crippen molar-refractivity contribution in [3.05, 3.63) is 11.5 Å². The molecule has 0 aliphatic carbocycles. The predicted molar refractivity (Wildman–Crippen MR) is 25.8 cm³/mol. The normalized spacial score (nSPS) is 18.2. The Morgan fingerprint density at radius 3 is 2.25 bits per heavy atom. The standard InChI is InChI=1S/C4H3NO3/c6-2-1-5-4(8)3(2)7/h1H,(H2,5,6,7,8). The Balaban J connectivity index is 3.02. The number of nitrogens with zero attached hydrogens (tertiary/aromatic N) is 1. The van der Waals surface area contributed by atoms with Gasteiger partial charge in [-0.3, -0.25) is 4.79 Å². The van der Waals surface area contributed by atoms with E-state index in [-0.39, 0.29) is 0 Å². The lowest BCUT2D eigenvalue weighted by atomic mass is 10.5. The zero-order valence-electron chi connectivity index (χ0n) is 3.83. The lowest BCUT2D eigenvalue weighted by Crippen LogP contribution is -1.93. The molecule has 0 bridgehead atoms. The fourth-order valence-corrected chi connectivity index (χ4v) is 0.352. The second-order valence-corrected chi connectivity index (χ2v) is 1.30. The molecule has 0 aromatic heterocycles. The molecule has 0 aromatic rings. The van der Waals surface area contributed by atoms with Crippen molar-refractivity contribution >= 4 is 12.1 Å². The monoisotopic (exact) mass is 113 g/mol. The van der Waals surface area contributed by atoms with Crippen LogP contribution in [0.5, 0.6) is 0 Å². The minimum absolute atomic E-state index is 0.463. The third-order valence-corrected chi connectivity index (χ3v) is 0.749. The Labute approximate surface area is 44.8 Å². The third-order valence-electron chi connectivity index (χ3n) is 0.749. The van der Waals surface area contributed by atoms with E-state index in [9.17, 15) is 4.79 Å². The summed E-state index contributed by atoms with van der Waals surface area (Å²) in [7, 11) is 0. The molecule has 4 nitrogen and oxygen atoms in total. The summed E-state index contributed by atoms with van der Waals surface area (Å²) in [6.45, 7) is 0. The van der Waals surface area contributed by atoms with Crippen LogP contribution in [0.3, 0.4) is 0 Å². The van der Waals surface area contributed by atoms with Gasteiger partial charge in [0.05, 0.1) is 6.21 Å². The Morgan fingerprint density at radius 1 is 1.50 bits per heavy atom. The van der Waals surface area contributed by atoms with Gasteiger partial charge in [0.15, 0.2) is 5.76 Å². The van der Waals surface area contributed by atoms with Gasteiger partial charge in [-0.25, -0.2) is 4.99 Å². The van der Waals surface area contributed by atoms with Gasteiger partial charge in [-0.15, -0.1) is 0 Å². The maximum Gasteiger partial charge on any atom is 0.315 e. The second kappa shape index (κ2) is 1.33. The van der Waals surface area contributed by atoms with E-state index in [1.54, 1.807) is 0 Å². The van der Waals surface area contributed by atoms with Crippen LogP contribution in [0.1, 0.15) is 0 Å². The zero-order chi connectivity index (χ0) is 6.15. The molecule has 0 unspecified atom stereocenters. The predicted octanol–water partition coefficient (Wildman–Crippen LogP) is -0.0750. The zero-order valence-corrected chi connectivity index (χ0v) is 3.83. The highest BCUT2D eigenvalue weighted by atomic mass is 16.3. The molecule has 0 saturated carbocycles. The van der Waals surface area contributed by atoms with E-state index in [1.807, 2.05) is 0 Å². The molecule has 8 heavy (non-hydrogen) atoms. The maximum atomic E-state index is 10.1. The number of allylic oxidation sites excluding steroid dienone is 1. The number of amides is 1. The van der Waals surface area contributed by atoms with Crippen molar-refractivity contribution < 1.29 is 15.0 Å². The summed E-state index contributed by atoms with van der Waals surface area (Å²) < 4.78 is 0. The van der Waals surface area contributed by atoms with Crippen molar-refractivity contribution in [1.82, 2.24) is 0 Å². The summed E-state index contributed by atoms with van der Waals surface area (Å²) in [5, 5.41) is 16.8. The molecular formula is C4H3NO3. The summed E-state index contributed by atoms with van der Waals surface area (Å²) >= 11 is 0. The molecule has 0 radical (unpaired) electrons. The Kier molecular flexibility index (Phi) is 0.802. The van der Waals surface area contributed by atoms with Gasteiger partial charge in [0, 0.05) is 0 Å². The van der Waals surface area contributed by atoms with Crippen LogP contribution in [0.2, 0.25) is 0 Å². The van der Waals surface area contributed by atoms with Gasteiger partial charge in [-0.1, -0.05) is 0 Å². The first-order valence-corrected chi connectivity index (χ1v) is 1.92. The third kappa shape index (κ3) is 0.465. The second-order valence-electron chi connectivity index (χ2n) is 1.30. The van der Waals surface area contributed by atoms with Crippen LogP contribution in [0, 0.1) is 0 Å².